The van der Waals surface area contributed by atoms with Crippen LogP contribution in [0.25, 0.3) is 0 Å². The van der Waals surface area contributed by atoms with Crippen LogP contribution in [0, 0.1) is 10.1 Å². The highest BCUT2D eigenvalue weighted by atomic mass is 32.2. The molecule has 3 nitrogen and oxygen atoms in total. The lowest BCUT2D eigenvalue weighted by molar-refractivity contribution is -0.485. The lowest BCUT2D eigenvalue weighted by Crippen LogP contribution is -2.36. The molecular weight excluding hydrogens is 246 g/mol. The van der Waals surface area contributed by atoms with Crippen molar-refractivity contribution in [3.8, 4) is 0 Å². The van der Waals surface area contributed by atoms with Crippen molar-refractivity contribution >= 4 is 11.8 Å². The van der Waals surface area contributed by atoms with Gasteiger partial charge in [0.15, 0.2) is 0 Å². The molecular formula is C14H19NO2S. The molecule has 4 heteroatoms. The van der Waals surface area contributed by atoms with Gasteiger partial charge in [-0.05, 0) is 18.4 Å². The van der Waals surface area contributed by atoms with Crippen molar-refractivity contribution in [2.45, 2.75) is 42.6 Å². The fourth-order valence-corrected chi connectivity index (χ4v) is 4.03. The molecule has 1 saturated carbocycles. The maximum atomic E-state index is 10.9. The number of thioether (sulfide) groups is 1. The highest BCUT2D eigenvalue weighted by Gasteiger charge is 2.37. The van der Waals surface area contributed by atoms with E-state index in [-0.39, 0.29) is 16.2 Å². The molecule has 0 saturated heterocycles. The summed E-state index contributed by atoms with van der Waals surface area (Å²) in [7, 11) is 0. The standard InChI is InChI=1S/C14H19NO2S/c16-15(17)12-14(9-5-2-6-10-14)18-11-13-7-3-1-4-8-13/h1,3-4,7-8H,2,5-6,9-12H2. The molecule has 0 heterocycles. The van der Waals surface area contributed by atoms with E-state index in [1.807, 2.05) is 18.2 Å². The maximum absolute atomic E-state index is 10.9. The topological polar surface area (TPSA) is 43.1 Å². The van der Waals surface area contributed by atoms with E-state index in [4.69, 9.17) is 0 Å². The first-order chi connectivity index (χ1) is 8.70. The van der Waals surface area contributed by atoms with E-state index in [1.165, 1.54) is 12.0 Å². The fraction of sp³-hybridized carbons (Fsp3) is 0.571. The van der Waals surface area contributed by atoms with Crippen molar-refractivity contribution in [2.75, 3.05) is 6.54 Å². The summed E-state index contributed by atoms with van der Waals surface area (Å²) < 4.78 is -0.127. The average Bonchev–Trinajstić information content (AvgIpc) is 2.38. The van der Waals surface area contributed by atoms with E-state index >= 15 is 0 Å². The minimum atomic E-state index is -0.136. The highest BCUT2D eigenvalue weighted by molar-refractivity contribution is 7.99. The predicted octanol–water partition coefficient (Wildman–Crippen LogP) is 3.90. The summed E-state index contributed by atoms with van der Waals surface area (Å²) in [4.78, 5) is 10.7. The zero-order valence-electron chi connectivity index (χ0n) is 10.5. The zero-order chi connectivity index (χ0) is 12.8. The van der Waals surface area contributed by atoms with E-state index in [9.17, 15) is 10.1 Å². The summed E-state index contributed by atoms with van der Waals surface area (Å²) in [5, 5.41) is 10.9. The van der Waals surface area contributed by atoms with Crippen LogP contribution >= 0.6 is 11.8 Å². The molecule has 0 bridgehead atoms. The van der Waals surface area contributed by atoms with Crippen molar-refractivity contribution in [3.63, 3.8) is 0 Å². The van der Waals surface area contributed by atoms with Crippen LogP contribution in [0.1, 0.15) is 37.7 Å². The molecule has 0 atom stereocenters. The summed E-state index contributed by atoms with van der Waals surface area (Å²) in [6.45, 7) is 0.116. The summed E-state index contributed by atoms with van der Waals surface area (Å²) >= 11 is 1.78. The lowest BCUT2D eigenvalue weighted by atomic mass is 9.88. The second kappa shape index (κ2) is 6.23. The van der Waals surface area contributed by atoms with Crippen LogP contribution in [0.15, 0.2) is 30.3 Å². The molecule has 1 aliphatic carbocycles. The van der Waals surface area contributed by atoms with Gasteiger partial charge in [-0.2, -0.15) is 0 Å². The van der Waals surface area contributed by atoms with Gasteiger partial charge < -0.3 is 0 Å². The van der Waals surface area contributed by atoms with E-state index in [2.05, 4.69) is 12.1 Å². The van der Waals surface area contributed by atoms with Crippen LogP contribution < -0.4 is 0 Å². The summed E-state index contributed by atoms with van der Waals surface area (Å²) in [5.74, 6) is 0.884. The number of nitrogens with zero attached hydrogens (tertiary/aromatic N) is 1. The van der Waals surface area contributed by atoms with Gasteiger partial charge in [0.25, 0.3) is 0 Å². The maximum Gasteiger partial charge on any atom is 0.218 e. The van der Waals surface area contributed by atoms with Gasteiger partial charge in [0, 0.05) is 10.7 Å². The van der Waals surface area contributed by atoms with E-state index < -0.39 is 0 Å². The Morgan fingerprint density at radius 2 is 1.83 bits per heavy atom. The number of nitro groups is 1. The fourth-order valence-electron chi connectivity index (χ4n) is 2.59. The Labute approximate surface area is 112 Å². The SMILES string of the molecule is O=[N+]([O-])CC1(SCc2ccccc2)CCCCC1. The molecule has 2 rings (SSSR count). The Hall–Kier alpha value is -1.03. The molecule has 0 amide bonds. The lowest BCUT2D eigenvalue weighted by Gasteiger charge is -2.33. The minimum Gasteiger partial charge on any atom is -0.264 e. The molecule has 0 N–H and O–H groups in total. The Morgan fingerprint density at radius 1 is 1.17 bits per heavy atom. The molecule has 0 aliphatic heterocycles. The summed E-state index contributed by atoms with van der Waals surface area (Å²) in [6, 6.07) is 10.2. The number of benzene rings is 1. The average molecular weight is 265 g/mol. The second-order valence-electron chi connectivity index (χ2n) is 5.01. The van der Waals surface area contributed by atoms with Gasteiger partial charge in [-0.3, -0.25) is 10.1 Å². The second-order valence-corrected chi connectivity index (χ2v) is 6.45. The van der Waals surface area contributed by atoms with E-state index in [1.54, 1.807) is 11.8 Å². The predicted molar refractivity (Wildman–Crippen MR) is 75.4 cm³/mol. The van der Waals surface area contributed by atoms with Gasteiger partial charge in [0.1, 0.15) is 0 Å². The Bertz CT molecular complexity index is 388. The van der Waals surface area contributed by atoms with Gasteiger partial charge in [0.2, 0.25) is 6.54 Å². The molecule has 0 radical (unpaired) electrons. The van der Waals surface area contributed by atoms with E-state index in [0.717, 1.165) is 31.4 Å². The third-order valence-electron chi connectivity index (χ3n) is 3.57. The van der Waals surface area contributed by atoms with Gasteiger partial charge in [-0.1, -0.05) is 49.6 Å². The zero-order valence-corrected chi connectivity index (χ0v) is 11.3. The third-order valence-corrected chi connectivity index (χ3v) is 5.20. The molecule has 0 unspecified atom stereocenters. The quantitative estimate of drug-likeness (QED) is 0.599. The van der Waals surface area contributed by atoms with Gasteiger partial charge in [-0.25, -0.2) is 0 Å². The first-order valence-electron chi connectivity index (χ1n) is 6.50. The third kappa shape index (κ3) is 3.73. The van der Waals surface area contributed by atoms with Crippen molar-refractivity contribution < 1.29 is 4.92 Å². The first kappa shape index (κ1) is 13.4. The van der Waals surface area contributed by atoms with Crippen LogP contribution in [0.4, 0.5) is 0 Å². The van der Waals surface area contributed by atoms with Gasteiger partial charge in [-0.15, -0.1) is 11.8 Å². The molecule has 0 aromatic heterocycles. The molecule has 1 aromatic rings. The largest absolute Gasteiger partial charge is 0.264 e. The van der Waals surface area contributed by atoms with Crippen LogP contribution in [0.3, 0.4) is 0 Å². The van der Waals surface area contributed by atoms with Gasteiger partial charge in [0.05, 0.1) is 4.75 Å². The molecule has 0 spiro atoms. The number of rotatable bonds is 5. The van der Waals surface area contributed by atoms with E-state index in [0.29, 0.717) is 0 Å². The van der Waals surface area contributed by atoms with Crippen LogP contribution in [0.5, 0.6) is 0 Å². The molecule has 98 valence electrons. The highest BCUT2D eigenvalue weighted by Crippen LogP contribution is 2.41. The van der Waals surface area contributed by atoms with Gasteiger partial charge >= 0.3 is 0 Å². The number of hydrogen-bond acceptors (Lipinski definition) is 3. The minimum absolute atomic E-state index is 0.116. The van der Waals surface area contributed by atoms with Crippen LogP contribution in [-0.4, -0.2) is 16.2 Å². The van der Waals surface area contributed by atoms with Crippen molar-refractivity contribution in [3.05, 3.63) is 46.0 Å². The molecule has 1 aliphatic rings. The monoisotopic (exact) mass is 265 g/mol. The normalized spacial score (nSPS) is 18.4. The van der Waals surface area contributed by atoms with Crippen LogP contribution in [0.2, 0.25) is 0 Å². The summed E-state index contributed by atoms with van der Waals surface area (Å²) in [5.41, 5.74) is 1.26. The molecule has 18 heavy (non-hydrogen) atoms. The Morgan fingerprint density at radius 3 is 2.44 bits per heavy atom. The van der Waals surface area contributed by atoms with Crippen molar-refractivity contribution in [2.24, 2.45) is 0 Å². The van der Waals surface area contributed by atoms with Crippen molar-refractivity contribution in [1.82, 2.24) is 0 Å². The Balaban J connectivity index is 1.99. The van der Waals surface area contributed by atoms with Crippen molar-refractivity contribution in [1.29, 1.82) is 0 Å². The smallest absolute Gasteiger partial charge is 0.218 e. The van der Waals surface area contributed by atoms with Crippen LogP contribution in [-0.2, 0) is 5.75 Å². The Kier molecular flexibility index (Phi) is 4.64. The number of hydrogen-bond donors (Lipinski definition) is 0. The molecule has 1 fully saturated rings. The summed E-state index contributed by atoms with van der Waals surface area (Å²) in [6.07, 6.45) is 5.48. The first-order valence-corrected chi connectivity index (χ1v) is 7.48. The molecule has 1 aromatic carbocycles.